The minimum atomic E-state index is 0.769. The molecule has 4 heteroatoms. The first-order valence-corrected chi connectivity index (χ1v) is 6.52. The first kappa shape index (κ1) is 13.0. The van der Waals surface area contributed by atoms with Crippen molar-refractivity contribution < 1.29 is 0 Å². The van der Waals surface area contributed by atoms with E-state index in [-0.39, 0.29) is 0 Å². The molecule has 1 rings (SSSR count). The fourth-order valence-electron chi connectivity index (χ4n) is 1.36. The zero-order chi connectivity index (χ0) is 12.0. The summed E-state index contributed by atoms with van der Waals surface area (Å²) < 4.78 is 0. The van der Waals surface area contributed by atoms with Crippen molar-refractivity contribution in [1.82, 2.24) is 10.2 Å². The second-order valence-corrected chi connectivity index (χ2v) is 5.04. The topological polar surface area (TPSA) is 27.6 Å². The quantitative estimate of drug-likeness (QED) is 0.645. The van der Waals surface area contributed by atoms with Gasteiger partial charge in [0.1, 0.15) is 0 Å². The number of hydrogen-bond acceptors (Lipinski definition) is 2. The molecule has 0 saturated carbocycles. The van der Waals surface area contributed by atoms with Gasteiger partial charge in [0.2, 0.25) is 0 Å². The van der Waals surface area contributed by atoms with Gasteiger partial charge >= 0.3 is 0 Å². The van der Waals surface area contributed by atoms with Gasteiger partial charge in [0, 0.05) is 30.4 Å². The number of nitrogens with one attached hydrogen (secondary N) is 1. The third kappa shape index (κ3) is 3.85. The van der Waals surface area contributed by atoms with E-state index in [0.717, 1.165) is 25.5 Å². The first-order valence-electron chi connectivity index (χ1n) is 5.70. The Balaban J connectivity index is 2.61. The minimum Gasteiger partial charge on any atom is -0.357 e. The van der Waals surface area contributed by atoms with E-state index < -0.39 is 0 Å². The number of nitrogens with zero attached hydrogens (tertiary/aromatic N) is 2. The Morgan fingerprint density at radius 2 is 2.00 bits per heavy atom. The molecule has 1 heterocycles. The lowest BCUT2D eigenvalue weighted by molar-refractivity contribution is 0.583. The Hall–Kier alpha value is -1.03. The maximum atomic E-state index is 4.57. The van der Waals surface area contributed by atoms with Crippen molar-refractivity contribution in [1.29, 1.82) is 0 Å². The molecule has 3 nitrogen and oxygen atoms in total. The third-order valence-corrected chi connectivity index (χ3v) is 3.42. The zero-order valence-corrected chi connectivity index (χ0v) is 11.4. The summed E-state index contributed by atoms with van der Waals surface area (Å²) in [5, 5.41) is 3.25. The van der Waals surface area contributed by atoms with E-state index in [1.165, 1.54) is 9.75 Å². The summed E-state index contributed by atoms with van der Waals surface area (Å²) in [6.45, 7) is 5.94. The number of aryl methyl sites for hydroxylation is 1. The van der Waals surface area contributed by atoms with E-state index in [0.29, 0.717) is 0 Å². The number of thiophene rings is 1. The van der Waals surface area contributed by atoms with E-state index in [4.69, 9.17) is 0 Å². The number of aliphatic imine (C=N–C) groups is 1. The zero-order valence-electron chi connectivity index (χ0n) is 10.6. The van der Waals surface area contributed by atoms with Crippen LogP contribution in [0.15, 0.2) is 17.1 Å². The van der Waals surface area contributed by atoms with Crippen LogP contribution in [0, 0.1) is 0 Å². The fourth-order valence-corrected chi connectivity index (χ4v) is 2.25. The first-order chi connectivity index (χ1) is 7.67. The lowest BCUT2D eigenvalue weighted by atomic mass is 10.4. The normalized spacial score (nSPS) is 11.6. The lowest BCUT2D eigenvalue weighted by Gasteiger charge is -2.16. The predicted octanol–water partition coefficient (Wildman–Crippen LogP) is 2.34. The lowest BCUT2D eigenvalue weighted by Crippen LogP contribution is -2.36. The van der Waals surface area contributed by atoms with Crippen LogP contribution in [0.2, 0.25) is 0 Å². The Kier molecular flexibility index (Phi) is 5.32. The van der Waals surface area contributed by atoms with Gasteiger partial charge in [0.25, 0.3) is 0 Å². The molecule has 0 bridgehead atoms. The van der Waals surface area contributed by atoms with Gasteiger partial charge in [-0.1, -0.05) is 6.92 Å². The molecule has 0 atom stereocenters. The second kappa shape index (κ2) is 6.53. The van der Waals surface area contributed by atoms with Gasteiger partial charge < -0.3 is 10.2 Å². The van der Waals surface area contributed by atoms with Crippen molar-refractivity contribution in [2.45, 2.75) is 26.8 Å². The third-order valence-electron chi connectivity index (χ3n) is 2.21. The molecule has 0 aromatic carbocycles. The Morgan fingerprint density at radius 1 is 1.31 bits per heavy atom. The molecular formula is C12H21N3S. The molecule has 90 valence electrons. The van der Waals surface area contributed by atoms with Crippen LogP contribution < -0.4 is 5.32 Å². The monoisotopic (exact) mass is 239 g/mol. The van der Waals surface area contributed by atoms with Crippen molar-refractivity contribution >= 4 is 17.3 Å². The Bertz CT molecular complexity index is 342. The van der Waals surface area contributed by atoms with E-state index in [1.807, 2.05) is 30.3 Å². The molecule has 0 aliphatic heterocycles. The highest BCUT2D eigenvalue weighted by molar-refractivity contribution is 7.11. The van der Waals surface area contributed by atoms with E-state index in [1.54, 1.807) is 0 Å². The second-order valence-electron chi connectivity index (χ2n) is 3.79. The van der Waals surface area contributed by atoms with Crippen molar-refractivity contribution in [3.63, 3.8) is 0 Å². The van der Waals surface area contributed by atoms with Gasteiger partial charge in [0.05, 0.1) is 6.54 Å². The Labute approximate surface area is 102 Å². The maximum absolute atomic E-state index is 4.57. The molecule has 1 aromatic heterocycles. The fraction of sp³-hybridized carbons (Fsp3) is 0.583. The van der Waals surface area contributed by atoms with Crippen LogP contribution in [0.4, 0.5) is 0 Å². The summed E-state index contributed by atoms with van der Waals surface area (Å²) in [4.78, 5) is 9.34. The SMILES string of the molecule is CCNC(=NCc1ccc(CC)s1)N(C)C. The van der Waals surface area contributed by atoms with Gasteiger partial charge in [0.15, 0.2) is 5.96 Å². The summed E-state index contributed by atoms with van der Waals surface area (Å²) >= 11 is 1.85. The van der Waals surface area contributed by atoms with E-state index in [9.17, 15) is 0 Å². The minimum absolute atomic E-state index is 0.769. The summed E-state index contributed by atoms with van der Waals surface area (Å²) in [6, 6.07) is 4.37. The summed E-state index contributed by atoms with van der Waals surface area (Å²) in [5.74, 6) is 0.953. The predicted molar refractivity (Wildman–Crippen MR) is 72.2 cm³/mol. The van der Waals surface area contributed by atoms with Crippen LogP contribution in [0.25, 0.3) is 0 Å². The summed E-state index contributed by atoms with van der Waals surface area (Å²) in [6.07, 6.45) is 1.11. The molecule has 0 aliphatic carbocycles. The van der Waals surface area contributed by atoms with Crippen molar-refractivity contribution in [2.75, 3.05) is 20.6 Å². The maximum Gasteiger partial charge on any atom is 0.193 e. The molecule has 0 spiro atoms. The molecule has 1 aromatic rings. The number of rotatable bonds is 4. The summed E-state index contributed by atoms with van der Waals surface area (Å²) in [7, 11) is 4.01. The molecule has 0 saturated heterocycles. The highest BCUT2D eigenvalue weighted by Gasteiger charge is 2.01. The molecular weight excluding hydrogens is 218 g/mol. The molecule has 0 aliphatic rings. The molecule has 0 amide bonds. The highest BCUT2D eigenvalue weighted by Crippen LogP contribution is 2.17. The molecule has 0 unspecified atom stereocenters. The van der Waals surface area contributed by atoms with Crippen LogP contribution >= 0.6 is 11.3 Å². The number of guanidine groups is 1. The standard InChI is InChI=1S/C12H21N3S/c1-5-10-7-8-11(16-10)9-14-12(13-6-2)15(3)4/h7-8H,5-6,9H2,1-4H3,(H,13,14). The van der Waals surface area contributed by atoms with Crippen LogP contribution in [0.5, 0.6) is 0 Å². The van der Waals surface area contributed by atoms with Crippen molar-refractivity contribution in [3.05, 3.63) is 21.9 Å². The van der Waals surface area contributed by atoms with Crippen LogP contribution in [-0.2, 0) is 13.0 Å². The van der Waals surface area contributed by atoms with E-state index >= 15 is 0 Å². The van der Waals surface area contributed by atoms with Gasteiger partial charge in [-0.2, -0.15) is 0 Å². The molecule has 0 fully saturated rings. The van der Waals surface area contributed by atoms with Gasteiger partial charge in [-0.3, -0.25) is 0 Å². The van der Waals surface area contributed by atoms with Crippen molar-refractivity contribution in [3.8, 4) is 0 Å². The van der Waals surface area contributed by atoms with Crippen LogP contribution in [-0.4, -0.2) is 31.5 Å². The average molecular weight is 239 g/mol. The van der Waals surface area contributed by atoms with Crippen molar-refractivity contribution in [2.24, 2.45) is 4.99 Å². The van der Waals surface area contributed by atoms with Crippen LogP contribution in [0.1, 0.15) is 23.6 Å². The van der Waals surface area contributed by atoms with E-state index in [2.05, 4.69) is 36.3 Å². The molecule has 16 heavy (non-hydrogen) atoms. The Morgan fingerprint density at radius 3 is 2.50 bits per heavy atom. The highest BCUT2D eigenvalue weighted by atomic mass is 32.1. The summed E-state index contributed by atoms with van der Waals surface area (Å²) in [5.41, 5.74) is 0. The van der Waals surface area contributed by atoms with Gasteiger partial charge in [-0.25, -0.2) is 4.99 Å². The van der Waals surface area contributed by atoms with Gasteiger partial charge in [-0.15, -0.1) is 11.3 Å². The largest absolute Gasteiger partial charge is 0.357 e. The molecule has 1 N–H and O–H groups in total. The van der Waals surface area contributed by atoms with Gasteiger partial charge in [-0.05, 0) is 25.5 Å². The smallest absolute Gasteiger partial charge is 0.193 e. The number of hydrogen-bond donors (Lipinski definition) is 1. The molecule has 0 radical (unpaired) electrons. The van der Waals surface area contributed by atoms with Crippen LogP contribution in [0.3, 0.4) is 0 Å². The average Bonchev–Trinajstić information content (AvgIpc) is 2.71.